The van der Waals surface area contributed by atoms with Gasteiger partial charge in [-0.25, -0.2) is 0 Å². The lowest BCUT2D eigenvalue weighted by atomic mass is 10.0. The van der Waals surface area contributed by atoms with Crippen LogP contribution in [0.15, 0.2) is 30.3 Å². The van der Waals surface area contributed by atoms with Gasteiger partial charge in [0.25, 0.3) is 0 Å². The second-order valence-corrected chi connectivity index (χ2v) is 6.72. The van der Waals surface area contributed by atoms with Crippen LogP contribution < -0.4 is 10.1 Å². The highest BCUT2D eigenvalue weighted by molar-refractivity contribution is 5.85. The van der Waals surface area contributed by atoms with E-state index in [4.69, 9.17) is 9.47 Å². The number of piperidine rings is 1. The van der Waals surface area contributed by atoms with E-state index in [-0.39, 0.29) is 24.9 Å². The summed E-state index contributed by atoms with van der Waals surface area (Å²) < 4.78 is 11.0. The number of hydrogen-bond donors (Lipinski definition) is 1. The SMILES string of the molecule is Cl.O=C(COCCOc1ccccc1)N1CCC(NCC2CC2)CC1. The summed E-state index contributed by atoms with van der Waals surface area (Å²) in [5.41, 5.74) is 0. The number of carbonyl (C=O) groups is 1. The normalized spacial score (nSPS) is 17.8. The molecule has 0 unspecified atom stereocenters. The Morgan fingerprint density at radius 1 is 1.08 bits per heavy atom. The number of hydrogen-bond acceptors (Lipinski definition) is 4. The smallest absolute Gasteiger partial charge is 0.248 e. The van der Waals surface area contributed by atoms with Crippen molar-refractivity contribution in [2.75, 3.05) is 39.5 Å². The quantitative estimate of drug-likeness (QED) is 0.680. The number of ether oxygens (including phenoxy) is 2. The number of carbonyl (C=O) groups excluding carboxylic acids is 1. The molecule has 1 N–H and O–H groups in total. The Bertz CT molecular complexity index is 503. The molecule has 140 valence electrons. The maximum absolute atomic E-state index is 12.2. The van der Waals surface area contributed by atoms with E-state index in [0.717, 1.165) is 44.1 Å². The number of nitrogens with zero attached hydrogens (tertiary/aromatic N) is 1. The van der Waals surface area contributed by atoms with Crippen molar-refractivity contribution >= 4 is 18.3 Å². The number of rotatable bonds is 9. The lowest BCUT2D eigenvalue weighted by molar-refractivity contribution is -0.137. The highest BCUT2D eigenvalue weighted by Gasteiger charge is 2.25. The monoisotopic (exact) mass is 368 g/mol. The van der Waals surface area contributed by atoms with Crippen molar-refractivity contribution in [2.45, 2.75) is 31.7 Å². The first-order chi connectivity index (χ1) is 11.8. The summed E-state index contributed by atoms with van der Waals surface area (Å²) in [6.45, 7) is 3.88. The van der Waals surface area contributed by atoms with E-state index >= 15 is 0 Å². The van der Waals surface area contributed by atoms with Gasteiger partial charge in [0.05, 0.1) is 6.61 Å². The van der Waals surface area contributed by atoms with Gasteiger partial charge in [0, 0.05) is 19.1 Å². The van der Waals surface area contributed by atoms with Crippen molar-refractivity contribution in [3.05, 3.63) is 30.3 Å². The molecule has 5 nitrogen and oxygen atoms in total. The molecule has 0 atom stereocenters. The molecule has 1 aliphatic carbocycles. The molecule has 0 bridgehead atoms. The number of halogens is 1. The summed E-state index contributed by atoms with van der Waals surface area (Å²) in [7, 11) is 0. The van der Waals surface area contributed by atoms with Crippen LogP contribution in [0.5, 0.6) is 5.75 Å². The van der Waals surface area contributed by atoms with E-state index in [1.807, 2.05) is 35.2 Å². The molecule has 1 saturated carbocycles. The summed E-state index contributed by atoms with van der Waals surface area (Å²) in [5, 5.41) is 3.63. The Balaban J connectivity index is 0.00000225. The van der Waals surface area contributed by atoms with E-state index < -0.39 is 0 Å². The minimum absolute atomic E-state index is 0. The van der Waals surface area contributed by atoms with Crippen molar-refractivity contribution in [3.63, 3.8) is 0 Å². The van der Waals surface area contributed by atoms with E-state index in [9.17, 15) is 4.79 Å². The van der Waals surface area contributed by atoms with Gasteiger partial charge >= 0.3 is 0 Å². The molecule has 0 aromatic heterocycles. The van der Waals surface area contributed by atoms with Crippen LogP contribution in [0, 0.1) is 5.92 Å². The highest BCUT2D eigenvalue weighted by Crippen LogP contribution is 2.28. The zero-order valence-corrected chi connectivity index (χ0v) is 15.5. The van der Waals surface area contributed by atoms with E-state index in [1.165, 1.54) is 12.8 Å². The molecule has 1 heterocycles. The highest BCUT2D eigenvalue weighted by atomic mass is 35.5. The second kappa shape index (κ2) is 10.6. The van der Waals surface area contributed by atoms with Crippen LogP contribution in [0.25, 0.3) is 0 Å². The van der Waals surface area contributed by atoms with Crippen LogP contribution in [0.4, 0.5) is 0 Å². The van der Waals surface area contributed by atoms with E-state index in [2.05, 4.69) is 5.32 Å². The molecule has 3 rings (SSSR count). The fraction of sp³-hybridized carbons (Fsp3) is 0.632. The van der Waals surface area contributed by atoms with Gasteiger partial charge < -0.3 is 19.7 Å². The first-order valence-corrected chi connectivity index (χ1v) is 9.08. The number of nitrogens with one attached hydrogen (secondary N) is 1. The van der Waals surface area contributed by atoms with Crippen molar-refractivity contribution in [3.8, 4) is 5.75 Å². The first kappa shape index (κ1) is 20.0. The molecule has 2 fully saturated rings. The second-order valence-electron chi connectivity index (χ2n) is 6.72. The molecule has 6 heteroatoms. The standard InChI is InChI=1S/C19H28N2O3.ClH/c22-19(15-23-12-13-24-18-4-2-1-3-5-18)21-10-8-17(9-11-21)20-14-16-6-7-16;/h1-5,16-17,20H,6-15H2;1H. The summed E-state index contributed by atoms with van der Waals surface area (Å²) in [6, 6.07) is 10.2. The Morgan fingerprint density at radius 2 is 1.80 bits per heavy atom. The number of amides is 1. The third-order valence-electron chi connectivity index (χ3n) is 4.70. The molecule has 0 radical (unpaired) electrons. The summed E-state index contributed by atoms with van der Waals surface area (Å²) in [6.07, 6.45) is 4.87. The van der Waals surface area contributed by atoms with E-state index in [1.54, 1.807) is 0 Å². The average molecular weight is 369 g/mol. The fourth-order valence-electron chi connectivity index (χ4n) is 2.97. The van der Waals surface area contributed by atoms with Crippen LogP contribution >= 0.6 is 12.4 Å². The minimum atomic E-state index is 0. The predicted molar refractivity (Wildman–Crippen MR) is 100 cm³/mol. The van der Waals surface area contributed by atoms with Gasteiger partial charge in [-0.2, -0.15) is 0 Å². The van der Waals surface area contributed by atoms with Crippen molar-refractivity contribution < 1.29 is 14.3 Å². The fourth-order valence-corrected chi connectivity index (χ4v) is 2.97. The summed E-state index contributed by atoms with van der Waals surface area (Å²) >= 11 is 0. The molecular formula is C19H29ClN2O3. The lowest BCUT2D eigenvalue weighted by Gasteiger charge is -2.32. The van der Waals surface area contributed by atoms with E-state index in [0.29, 0.717) is 19.3 Å². The summed E-state index contributed by atoms with van der Waals surface area (Å²) in [4.78, 5) is 14.1. The van der Waals surface area contributed by atoms with Crippen LogP contribution in [0.2, 0.25) is 0 Å². The Hall–Kier alpha value is -1.30. The number of para-hydroxylation sites is 1. The number of likely N-dealkylation sites (tertiary alicyclic amines) is 1. The Kier molecular flexibility index (Phi) is 8.52. The summed E-state index contributed by atoms with van der Waals surface area (Å²) in [5.74, 6) is 1.83. The predicted octanol–water partition coefficient (Wildman–Crippen LogP) is 2.49. The zero-order valence-electron chi connectivity index (χ0n) is 14.7. The molecule has 1 aromatic rings. The maximum Gasteiger partial charge on any atom is 0.248 e. The molecular weight excluding hydrogens is 340 g/mol. The van der Waals surface area contributed by atoms with Crippen LogP contribution in [-0.4, -0.2) is 56.3 Å². The van der Waals surface area contributed by atoms with Crippen molar-refractivity contribution in [2.24, 2.45) is 5.92 Å². The number of benzene rings is 1. The average Bonchev–Trinajstić information content (AvgIpc) is 3.45. The maximum atomic E-state index is 12.2. The van der Waals surface area contributed by atoms with Gasteiger partial charge in [0.1, 0.15) is 19.0 Å². The van der Waals surface area contributed by atoms with Gasteiger partial charge in [0.15, 0.2) is 0 Å². The minimum Gasteiger partial charge on any atom is -0.491 e. The molecule has 25 heavy (non-hydrogen) atoms. The molecule has 2 aliphatic rings. The third-order valence-corrected chi connectivity index (χ3v) is 4.70. The third kappa shape index (κ3) is 7.22. The molecule has 1 aliphatic heterocycles. The van der Waals surface area contributed by atoms with Crippen molar-refractivity contribution in [1.29, 1.82) is 0 Å². The Labute approximate surface area is 156 Å². The van der Waals surface area contributed by atoms with Gasteiger partial charge in [-0.1, -0.05) is 18.2 Å². The zero-order chi connectivity index (χ0) is 16.6. The van der Waals surface area contributed by atoms with Gasteiger partial charge in [0.2, 0.25) is 5.91 Å². The molecule has 1 aromatic carbocycles. The molecule has 1 amide bonds. The van der Waals surface area contributed by atoms with Crippen LogP contribution in [0.3, 0.4) is 0 Å². The first-order valence-electron chi connectivity index (χ1n) is 9.08. The van der Waals surface area contributed by atoms with Gasteiger partial charge in [-0.3, -0.25) is 4.79 Å². The molecule has 1 saturated heterocycles. The van der Waals surface area contributed by atoms with Crippen molar-refractivity contribution in [1.82, 2.24) is 10.2 Å². The lowest BCUT2D eigenvalue weighted by Crippen LogP contribution is -2.46. The largest absolute Gasteiger partial charge is 0.491 e. The topological polar surface area (TPSA) is 50.8 Å². The molecule has 0 spiro atoms. The van der Waals surface area contributed by atoms with Gasteiger partial charge in [-0.05, 0) is 50.3 Å². The van der Waals surface area contributed by atoms with Crippen LogP contribution in [-0.2, 0) is 9.53 Å². The van der Waals surface area contributed by atoms with Gasteiger partial charge in [-0.15, -0.1) is 12.4 Å². The van der Waals surface area contributed by atoms with Crippen LogP contribution in [0.1, 0.15) is 25.7 Å². The Morgan fingerprint density at radius 3 is 2.48 bits per heavy atom.